The van der Waals surface area contributed by atoms with Gasteiger partial charge in [0.05, 0.1) is 104 Å². The smallest absolute Gasteiger partial charge is 2.00 e. The third-order valence-electron chi connectivity index (χ3n) is 10.1. The fraction of sp³-hybridized carbons (Fsp3) is 0. The van der Waals surface area contributed by atoms with Crippen LogP contribution in [0.15, 0.2) is 293 Å². The van der Waals surface area contributed by atoms with Crippen LogP contribution in [0.2, 0.25) is 0 Å². The molecule has 0 fully saturated rings. The normalized spacial score (nSPS) is 7.74. The predicted molar refractivity (Wildman–Crippen MR) is 359 cm³/mol. The second-order valence-corrected chi connectivity index (χ2v) is 16.3. The first kappa shape index (κ1) is 128. The van der Waals surface area contributed by atoms with E-state index in [9.17, 15) is 0 Å². The number of halogens is 1. The molecule has 12 heterocycles. The van der Waals surface area contributed by atoms with E-state index in [-0.39, 0.29) is 139 Å². The fourth-order valence-corrected chi connectivity index (χ4v) is 6.17. The molecule has 0 unspecified atom stereocenters. The van der Waals surface area contributed by atoms with Crippen molar-refractivity contribution in [3.05, 3.63) is 293 Å². The fourth-order valence-electron chi connectivity index (χ4n) is 6.17. The van der Waals surface area contributed by atoms with E-state index in [0.717, 1.165) is 68.3 Å². The molecule has 0 saturated carbocycles. The summed E-state index contributed by atoms with van der Waals surface area (Å²) in [6.07, 6.45) is 21.2. The molecule has 0 bridgehead atoms. The third kappa shape index (κ3) is 55.4. The molecular formula is C66H72ClN12NbNi2O25. The van der Waals surface area contributed by atoms with Gasteiger partial charge in [0.15, 0.2) is 0 Å². The molecule has 2 radical (unpaired) electrons. The number of carbonyl (C=O) groups excluding carboxylic acids is 6. The van der Waals surface area contributed by atoms with Crippen molar-refractivity contribution in [1.29, 1.82) is 0 Å². The number of aromatic nitrogens is 12. The van der Waals surface area contributed by atoms with Crippen molar-refractivity contribution >= 4 is 35.8 Å². The van der Waals surface area contributed by atoms with Crippen LogP contribution >= 0.6 is 0 Å². The average Bonchev–Trinajstić information content (AvgIpc) is 0.932. The average molecular weight is 1680 g/mol. The van der Waals surface area contributed by atoms with Gasteiger partial charge in [-0.2, -0.15) is 0 Å². The molecule has 0 atom stereocenters. The van der Waals surface area contributed by atoms with Gasteiger partial charge in [-0.1, -0.05) is 72.8 Å². The number of carboxylic acids is 6. The van der Waals surface area contributed by atoms with Crippen molar-refractivity contribution in [2.75, 3.05) is 0 Å². The second kappa shape index (κ2) is 78.3. The van der Waals surface area contributed by atoms with E-state index in [0.29, 0.717) is 0 Å². The van der Waals surface area contributed by atoms with Crippen LogP contribution in [0.5, 0.6) is 0 Å². The minimum atomic E-state index is -2.19. The Kier molecular flexibility index (Phi) is 93.7. The van der Waals surface area contributed by atoms with Gasteiger partial charge in [-0.05, 0) is 146 Å². The topological polar surface area (TPSA) is 802 Å². The minimum absolute atomic E-state index is 0. The van der Waals surface area contributed by atoms with E-state index in [4.69, 9.17) is 59.4 Å². The molecule has 12 rings (SSSR count). The third-order valence-corrected chi connectivity index (χ3v) is 10.1. The summed E-state index contributed by atoms with van der Waals surface area (Å²) < 4.78 is 0. The molecule has 12 aromatic heterocycles. The van der Waals surface area contributed by atoms with E-state index in [2.05, 4.69) is 59.8 Å². The number of hydrogen-bond donors (Lipinski definition) is 0. The van der Waals surface area contributed by atoms with Crippen LogP contribution in [0.4, 0.5) is 0 Å². The Morgan fingerprint density at radius 3 is 0.280 bits per heavy atom. The van der Waals surface area contributed by atoms with Gasteiger partial charge in [0.25, 0.3) is 0 Å². The van der Waals surface area contributed by atoms with Crippen LogP contribution in [-0.4, -0.2) is 161 Å². The molecule has 107 heavy (non-hydrogen) atoms. The van der Waals surface area contributed by atoms with E-state index in [1.54, 1.807) is 74.4 Å². The van der Waals surface area contributed by atoms with Gasteiger partial charge in [-0.3, -0.25) is 59.8 Å². The van der Waals surface area contributed by atoms with Crippen LogP contribution < -0.4 is 43.0 Å². The molecule has 0 aromatic carbocycles. The van der Waals surface area contributed by atoms with Crippen LogP contribution in [0.1, 0.15) is 0 Å². The summed E-state index contributed by atoms with van der Waals surface area (Å²) in [5.74, 6) is -13.1. The summed E-state index contributed by atoms with van der Waals surface area (Å²) in [4.78, 5) is 104. The van der Waals surface area contributed by atoms with Crippen molar-refractivity contribution in [3.8, 4) is 68.3 Å². The summed E-state index contributed by atoms with van der Waals surface area (Å²) in [6.45, 7) is 0. The minimum Gasteiger partial charge on any atom is -2.00 e. The quantitative estimate of drug-likeness (QED) is 0.110. The zero-order valence-corrected chi connectivity index (χ0v) is 59.8. The van der Waals surface area contributed by atoms with Crippen molar-refractivity contribution in [2.24, 2.45) is 0 Å². The molecule has 0 aliphatic heterocycles. The largest absolute Gasteiger partial charge is 3.00 e. The first-order chi connectivity index (χ1) is 43.7. The summed E-state index contributed by atoms with van der Waals surface area (Å²) >= 11 is 0. The summed E-state index contributed by atoms with van der Waals surface area (Å²) in [6, 6.07) is 69.6. The number of carbonyl (C=O) groups is 6. The maximum Gasteiger partial charge on any atom is 3.00 e. The molecule has 0 spiro atoms. The van der Waals surface area contributed by atoms with Crippen LogP contribution in [-0.2, 0) is 89.6 Å². The maximum absolute atomic E-state index is 8.93. The van der Waals surface area contributed by atoms with Gasteiger partial charge in [-0.25, -0.2) is 0 Å². The summed E-state index contributed by atoms with van der Waals surface area (Å²) in [7, 11) is 0. The Morgan fingerprint density at radius 2 is 0.243 bits per heavy atom. The summed E-state index contributed by atoms with van der Waals surface area (Å²) in [5, 5.41) is 53.6. The summed E-state index contributed by atoms with van der Waals surface area (Å²) in [5.41, 5.74) is 11.0. The second-order valence-electron chi connectivity index (χ2n) is 16.3. The number of carboxylic acid groups (broad SMARTS) is 6. The number of pyridine rings is 12. The van der Waals surface area contributed by atoms with Crippen LogP contribution in [0.25, 0.3) is 68.3 Å². The maximum atomic E-state index is 8.93. The van der Waals surface area contributed by atoms with Gasteiger partial charge >= 0.3 is 55.4 Å². The Hall–Kier alpha value is -11.9. The predicted octanol–water partition coefficient (Wildman–Crippen LogP) is -10.7. The zero-order valence-electron chi connectivity index (χ0n) is 54.8. The van der Waals surface area contributed by atoms with Gasteiger partial charge in [0.2, 0.25) is 0 Å². The van der Waals surface area contributed by atoms with E-state index < -0.39 is 35.8 Å². The molecule has 24 N–H and O–H groups in total. The molecule has 0 aliphatic rings. The van der Waals surface area contributed by atoms with Crippen molar-refractivity contribution in [2.45, 2.75) is 0 Å². The first-order valence-corrected chi connectivity index (χ1v) is 25.9. The number of aliphatic carboxylic acids is 6. The van der Waals surface area contributed by atoms with E-state index in [1.807, 2.05) is 218 Å². The Morgan fingerprint density at radius 1 is 0.178 bits per heavy atom. The molecule has 41 heteroatoms. The van der Waals surface area contributed by atoms with Crippen molar-refractivity contribution in [1.82, 2.24) is 59.8 Å². The monoisotopic (exact) mass is 1680 g/mol. The van der Waals surface area contributed by atoms with Gasteiger partial charge < -0.3 is 143 Å². The number of rotatable bonds is 6. The molecule has 0 amide bonds. The van der Waals surface area contributed by atoms with E-state index in [1.165, 1.54) is 0 Å². The first-order valence-electron chi connectivity index (χ1n) is 25.9. The molecule has 37 nitrogen and oxygen atoms in total. The standard InChI is InChI=1S/6C10H8N2.3C2H2O4.ClH.Nb.2Ni.12H2O.O/c6*1-3-7-11-9(5-1)10-6-2-4-8-12-10;3*3-1(4)2(5)6;;;;;;;;;;;;;;;;;/h6*1-8H;3*(H,3,4)(H,5,6);1H;;;;12*1H2;/q;;;;;;;;;;3*+3;;;;;;;;;;;;;-2/p-7. The molecule has 0 saturated heterocycles. The van der Waals surface area contributed by atoms with Crippen molar-refractivity contribution in [3.63, 3.8) is 0 Å². The number of hydrogen-bond acceptors (Lipinski definition) is 24. The van der Waals surface area contributed by atoms with Gasteiger partial charge in [0.1, 0.15) is 0 Å². The van der Waals surface area contributed by atoms with Crippen LogP contribution in [0.3, 0.4) is 0 Å². The Bertz CT molecular complexity index is 3080. The van der Waals surface area contributed by atoms with E-state index >= 15 is 0 Å². The van der Waals surface area contributed by atoms with Crippen molar-refractivity contribution < 1.29 is 198 Å². The molecular weight excluding hydrogens is 1610 g/mol. The number of nitrogens with zero attached hydrogens (tertiary/aromatic N) is 12. The van der Waals surface area contributed by atoms with Crippen LogP contribution in [0, 0.1) is 0 Å². The Labute approximate surface area is 651 Å². The molecule has 0 aliphatic carbocycles. The SMILES string of the molecule is O.O.O.O.O.O.O.O.O.O.O.O.O=C([O-])C(=O)[O-].O=C([O-])C(=O)[O-].O=C([O-])C(=O)[O-].[Cl-].[Nb+3].[Ni+3].[Ni+3].[O-2].c1ccc(-c2ccccn2)nc1.c1ccc(-c2ccccn2)nc1.c1ccc(-c2ccccn2)nc1.c1ccc(-c2ccccn2)nc1.c1ccc(-c2ccccn2)nc1.c1ccc(-c2ccccn2)nc1. The zero-order chi connectivity index (χ0) is 64.8. The van der Waals surface area contributed by atoms with Gasteiger partial charge in [0, 0.05) is 74.4 Å². The molecule has 12 aromatic rings. The Balaban J connectivity index is -0.0000000751. The molecule has 578 valence electrons. The van der Waals surface area contributed by atoms with Gasteiger partial charge in [-0.15, -0.1) is 0 Å².